The fourth-order valence-electron chi connectivity index (χ4n) is 2.29. The van der Waals surface area contributed by atoms with Gasteiger partial charge in [0.15, 0.2) is 5.82 Å². The van der Waals surface area contributed by atoms with E-state index in [9.17, 15) is 9.18 Å². The van der Waals surface area contributed by atoms with Gasteiger partial charge in [-0.2, -0.15) is 0 Å². The molecule has 0 aliphatic rings. The maximum Gasteiger partial charge on any atom is 0.255 e. The van der Waals surface area contributed by atoms with Crippen molar-refractivity contribution < 1.29 is 9.18 Å². The van der Waals surface area contributed by atoms with Gasteiger partial charge >= 0.3 is 0 Å². The Kier molecular flexibility index (Phi) is 4.33. The molecule has 1 heterocycles. The fraction of sp³-hybridized carbons (Fsp3) is 0.176. The highest BCUT2D eigenvalue weighted by Crippen LogP contribution is 2.21. The Balaban J connectivity index is 1.89. The van der Waals surface area contributed by atoms with Gasteiger partial charge in [-0.05, 0) is 48.5 Å². The highest BCUT2D eigenvalue weighted by molar-refractivity contribution is 6.04. The second-order valence-electron chi connectivity index (χ2n) is 5.56. The van der Waals surface area contributed by atoms with Gasteiger partial charge in [0.2, 0.25) is 0 Å². The second kappa shape index (κ2) is 6.57. The lowest BCUT2D eigenvalue weighted by molar-refractivity contribution is 0.102. The number of aromatic nitrogens is 4. The Morgan fingerprint density at radius 3 is 2.71 bits per heavy atom. The molecule has 0 spiro atoms. The molecule has 0 unspecified atom stereocenters. The molecule has 1 amide bonds. The minimum atomic E-state index is -0.481. The smallest absolute Gasteiger partial charge is 0.255 e. The third kappa shape index (κ3) is 3.15. The first-order valence-electron chi connectivity index (χ1n) is 7.50. The molecule has 3 rings (SSSR count). The number of benzene rings is 2. The number of tetrazole rings is 1. The predicted molar refractivity (Wildman–Crippen MR) is 88.0 cm³/mol. The molecule has 6 nitrogen and oxygen atoms in total. The number of rotatable bonds is 4. The van der Waals surface area contributed by atoms with Crippen molar-refractivity contribution in [1.29, 1.82) is 0 Å². The van der Waals surface area contributed by atoms with E-state index in [0.29, 0.717) is 11.4 Å². The highest BCUT2D eigenvalue weighted by Gasteiger charge is 2.14. The summed E-state index contributed by atoms with van der Waals surface area (Å²) in [7, 11) is 0. The summed E-state index contributed by atoms with van der Waals surface area (Å²) in [5, 5.41) is 14.2. The molecule has 0 fully saturated rings. The van der Waals surface area contributed by atoms with Crippen LogP contribution in [-0.4, -0.2) is 26.1 Å². The van der Waals surface area contributed by atoms with Gasteiger partial charge in [0, 0.05) is 11.1 Å². The Bertz CT molecular complexity index is 875. The second-order valence-corrected chi connectivity index (χ2v) is 5.56. The summed E-state index contributed by atoms with van der Waals surface area (Å²) in [5.41, 5.74) is 1.25. The Labute approximate surface area is 138 Å². The summed E-state index contributed by atoms with van der Waals surface area (Å²) < 4.78 is 15.3. The van der Waals surface area contributed by atoms with Crippen LogP contribution in [0.5, 0.6) is 0 Å². The maximum absolute atomic E-state index is 13.7. The Hall–Kier alpha value is -3.09. The summed E-state index contributed by atoms with van der Waals surface area (Å²) in [6.45, 7) is 3.93. The minimum Gasteiger partial charge on any atom is -0.319 e. The summed E-state index contributed by atoms with van der Waals surface area (Å²) >= 11 is 0. The van der Waals surface area contributed by atoms with Crippen LogP contribution in [0.15, 0.2) is 48.5 Å². The minimum absolute atomic E-state index is 0.0888. The van der Waals surface area contributed by atoms with Crippen LogP contribution in [0.4, 0.5) is 10.1 Å². The van der Waals surface area contributed by atoms with E-state index in [1.807, 2.05) is 19.9 Å². The van der Waals surface area contributed by atoms with E-state index in [1.165, 1.54) is 12.1 Å². The molecule has 0 bridgehead atoms. The van der Waals surface area contributed by atoms with Crippen molar-refractivity contribution in [2.75, 3.05) is 5.32 Å². The van der Waals surface area contributed by atoms with Crippen molar-refractivity contribution in [3.63, 3.8) is 0 Å². The van der Waals surface area contributed by atoms with E-state index >= 15 is 0 Å². The van der Waals surface area contributed by atoms with Crippen LogP contribution in [0.25, 0.3) is 11.4 Å². The maximum atomic E-state index is 13.7. The highest BCUT2D eigenvalue weighted by atomic mass is 19.1. The van der Waals surface area contributed by atoms with E-state index in [-0.39, 0.29) is 11.7 Å². The SMILES string of the molecule is CC(C)n1nnnc1-c1cccc(C(=O)Nc2ccccc2F)c1. The van der Waals surface area contributed by atoms with Gasteiger partial charge in [0.1, 0.15) is 5.82 Å². The molecule has 2 aromatic carbocycles. The first-order chi connectivity index (χ1) is 11.6. The zero-order valence-corrected chi connectivity index (χ0v) is 13.3. The topological polar surface area (TPSA) is 72.7 Å². The van der Waals surface area contributed by atoms with Crippen molar-refractivity contribution in [2.45, 2.75) is 19.9 Å². The van der Waals surface area contributed by atoms with Gasteiger partial charge in [0.25, 0.3) is 5.91 Å². The zero-order chi connectivity index (χ0) is 17.1. The third-order valence-electron chi connectivity index (χ3n) is 3.49. The molecule has 0 aliphatic heterocycles. The lowest BCUT2D eigenvalue weighted by Crippen LogP contribution is -2.13. The normalized spacial score (nSPS) is 10.8. The lowest BCUT2D eigenvalue weighted by Gasteiger charge is -2.09. The quantitative estimate of drug-likeness (QED) is 0.799. The van der Waals surface area contributed by atoms with Gasteiger partial charge in [-0.25, -0.2) is 9.07 Å². The first-order valence-corrected chi connectivity index (χ1v) is 7.50. The molecular weight excluding hydrogens is 309 g/mol. The molecule has 7 heteroatoms. The van der Waals surface area contributed by atoms with Gasteiger partial charge in [-0.1, -0.05) is 24.3 Å². The third-order valence-corrected chi connectivity index (χ3v) is 3.49. The Morgan fingerprint density at radius 2 is 1.96 bits per heavy atom. The van der Waals surface area contributed by atoms with Crippen LogP contribution in [0.2, 0.25) is 0 Å². The number of amides is 1. The van der Waals surface area contributed by atoms with E-state index in [1.54, 1.807) is 35.0 Å². The van der Waals surface area contributed by atoms with E-state index in [4.69, 9.17) is 0 Å². The van der Waals surface area contributed by atoms with E-state index in [0.717, 1.165) is 5.56 Å². The summed E-state index contributed by atoms with van der Waals surface area (Å²) in [5.74, 6) is -0.304. The van der Waals surface area contributed by atoms with Crippen molar-refractivity contribution in [3.8, 4) is 11.4 Å². The molecule has 0 aliphatic carbocycles. The van der Waals surface area contributed by atoms with Crippen molar-refractivity contribution >= 4 is 11.6 Å². The van der Waals surface area contributed by atoms with Gasteiger partial charge in [-0.15, -0.1) is 5.10 Å². The molecule has 0 saturated heterocycles. The molecule has 24 heavy (non-hydrogen) atoms. The van der Waals surface area contributed by atoms with Crippen LogP contribution in [0, 0.1) is 5.82 Å². The number of hydrogen-bond donors (Lipinski definition) is 1. The van der Waals surface area contributed by atoms with Crippen LogP contribution in [0.3, 0.4) is 0 Å². The summed E-state index contributed by atoms with van der Waals surface area (Å²) in [4.78, 5) is 12.4. The van der Waals surface area contributed by atoms with E-state index in [2.05, 4.69) is 20.8 Å². The number of carbonyl (C=O) groups excluding carboxylic acids is 1. The molecular formula is C17H16FN5O. The number of nitrogens with one attached hydrogen (secondary N) is 1. The van der Waals surface area contributed by atoms with Crippen LogP contribution >= 0.6 is 0 Å². The molecule has 0 radical (unpaired) electrons. The number of nitrogens with zero attached hydrogens (tertiary/aromatic N) is 4. The molecule has 122 valence electrons. The largest absolute Gasteiger partial charge is 0.319 e. The zero-order valence-electron chi connectivity index (χ0n) is 13.3. The molecule has 0 atom stereocenters. The number of para-hydroxylation sites is 1. The number of hydrogen-bond acceptors (Lipinski definition) is 4. The van der Waals surface area contributed by atoms with E-state index < -0.39 is 11.7 Å². The predicted octanol–water partition coefficient (Wildman–Crippen LogP) is 3.31. The number of anilines is 1. The van der Waals surface area contributed by atoms with Gasteiger partial charge in [-0.3, -0.25) is 4.79 Å². The van der Waals surface area contributed by atoms with Crippen LogP contribution < -0.4 is 5.32 Å². The Morgan fingerprint density at radius 1 is 1.17 bits per heavy atom. The fourth-order valence-corrected chi connectivity index (χ4v) is 2.29. The standard InChI is InChI=1S/C17H16FN5O/c1-11(2)23-16(20-21-22-23)12-6-5-7-13(10-12)17(24)19-15-9-4-3-8-14(15)18/h3-11H,1-2H3,(H,19,24). The first kappa shape index (κ1) is 15.8. The van der Waals surface area contributed by atoms with Crippen molar-refractivity contribution in [1.82, 2.24) is 20.2 Å². The summed E-state index contributed by atoms with van der Waals surface area (Å²) in [6.07, 6.45) is 0. The van der Waals surface area contributed by atoms with Gasteiger partial charge in [0.05, 0.1) is 11.7 Å². The molecule has 1 N–H and O–H groups in total. The average Bonchev–Trinajstić information content (AvgIpc) is 3.07. The van der Waals surface area contributed by atoms with Gasteiger partial charge < -0.3 is 5.32 Å². The van der Waals surface area contributed by atoms with Crippen LogP contribution in [-0.2, 0) is 0 Å². The number of halogens is 1. The molecule has 1 aromatic heterocycles. The molecule has 3 aromatic rings. The monoisotopic (exact) mass is 325 g/mol. The van der Waals surface area contributed by atoms with Crippen molar-refractivity contribution in [3.05, 3.63) is 59.9 Å². The average molecular weight is 325 g/mol. The van der Waals surface area contributed by atoms with Crippen LogP contribution in [0.1, 0.15) is 30.2 Å². The number of carbonyl (C=O) groups is 1. The van der Waals surface area contributed by atoms with Crippen molar-refractivity contribution in [2.24, 2.45) is 0 Å². The summed E-state index contributed by atoms with van der Waals surface area (Å²) in [6, 6.07) is 13.0. The molecule has 0 saturated carbocycles. The lowest BCUT2D eigenvalue weighted by atomic mass is 10.1.